The summed E-state index contributed by atoms with van der Waals surface area (Å²) in [6, 6.07) is 15.7. The molecule has 2 aromatic carbocycles. The Morgan fingerprint density at radius 1 is 1.04 bits per heavy atom. The lowest BCUT2D eigenvalue weighted by Gasteiger charge is -2.36. The zero-order chi connectivity index (χ0) is 18.8. The predicted molar refractivity (Wildman–Crippen MR) is 106 cm³/mol. The highest BCUT2D eigenvalue weighted by molar-refractivity contribution is 5.81. The first-order valence-electron chi connectivity index (χ1n) is 9.16. The summed E-state index contributed by atoms with van der Waals surface area (Å²) in [6.45, 7) is 4.93. The van der Waals surface area contributed by atoms with Gasteiger partial charge in [0.15, 0.2) is 0 Å². The zero-order valence-electron chi connectivity index (χ0n) is 15.3. The molecule has 1 aliphatic heterocycles. The summed E-state index contributed by atoms with van der Waals surface area (Å²) in [6.07, 6.45) is 1.64. The van der Waals surface area contributed by atoms with Gasteiger partial charge >= 0.3 is 0 Å². The van der Waals surface area contributed by atoms with Gasteiger partial charge in [-0.05, 0) is 30.7 Å². The van der Waals surface area contributed by atoms with Gasteiger partial charge in [0.05, 0.1) is 11.6 Å². The first-order valence-corrected chi connectivity index (χ1v) is 9.16. The molecule has 2 heterocycles. The van der Waals surface area contributed by atoms with Crippen molar-refractivity contribution >= 4 is 22.4 Å². The Hall–Kier alpha value is -3.15. The number of anilines is 1. The number of fused-ring (bicyclic) bond motifs is 1. The van der Waals surface area contributed by atoms with Crippen LogP contribution < -0.4 is 10.5 Å². The minimum atomic E-state index is -0.222. The second kappa shape index (κ2) is 7.23. The fraction of sp³-hybridized carbons (Fsp3) is 0.286. The molecule has 4 rings (SSSR count). The maximum atomic E-state index is 12.7. The minimum absolute atomic E-state index is 0.0197. The third-order valence-electron chi connectivity index (χ3n) is 5.05. The topological polar surface area (TPSA) is 58.4 Å². The molecule has 0 N–H and O–H groups in total. The molecule has 0 saturated carbocycles. The fourth-order valence-corrected chi connectivity index (χ4v) is 3.51. The minimum Gasteiger partial charge on any atom is -0.368 e. The molecule has 0 radical (unpaired) electrons. The molecule has 3 aromatic rings. The highest BCUT2D eigenvalue weighted by Crippen LogP contribution is 2.18. The van der Waals surface area contributed by atoms with Crippen molar-refractivity contribution in [3.8, 4) is 0 Å². The molecule has 0 aliphatic carbocycles. The van der Waals surface area contributed by atoms with Crippen LogP contribution in [0.1, 0.15) is 5.56 Å². The van der Waals surface area contributed by atoms with Gasteiger partial charge in [0.25, 0.3) is 5.56 Å². The maximum Gasteiger partial charge on any atom is 0.275 e. The predicted octanol–water partition coefficient (Wildman–Crippen LogP) is 2.05. The summed E-state index contributed by atoms with van der Waals surface area (Å²) in [5.41, 5.74) is 2.20. The van der Waals surface area contributed by atoms with E-state index in [4.69, 9.17) is 0 Å². The first-order chi connectivity index (χ1) is 13.1. The molecule has 138 valence electrons. The van der Waals surface area contributed by atoms with Gasteiger partial charge in [0, 0.05) is 37.3 Å². The van der Waals surface area contributed by atoms with Gasteiger partial charge in [0.2, 0.25) is 5.91 Å². The van der Waals surface area contributed by atoms with Gasteiger partial charge in [-0.15, -0.1) is 0 Å². The molecule has 27 heavy (non-hydrogen) atoms. The largest absolute Gasteiger partial charge is 0.368 e. The van der Waals surface area contributed by atoms with Crippen LogP contribution in [0.25, 0.3) is 10.8 Å². The number of nitrogens with zero attached hydrogens (tertiary/aromatic N) is 4. The first kappa shape index (κ1) is 17.3. The van der Waals surface area contributed by atoms with Crippen LogP contribution in [-0.4, -0.2) is 46.8 Å². The molecule has 0 atom stereocenters. The lowest BCUT2D eigenvalue weighted by atomic mass is 10.2. The van der Waals surface area contributed by atoms with Gasteiger partial charge in [0.1, 0.15) is 6.54 Å². The molecule has 1 amide bonds. The molecule has 6 heteroatoms. The molecule has 0 spiro atoms. The summed E-state index contributed by atoms with van der Waals surface area (Å²) in [5, 5.41) is 5.54. The van der Waals surface area contributed by atoms with E-state index in [1.807, 2.05) is 23.1 Å². The van der Waals surface area contributed by atoms with E-state index in [2.05, 4.69) is 41.2 Å². The Bertz CT molecular complexity index is 1040. The molecule has 1 aromatic heterocycles. The monoisotopic (exact) mass is 362 g/mol. The number of piperazine rings is 1. The van der Waals surface area contributed by atoms with Crippen molar-refractivity contribution in [3.63, 3.8) is 0 Å². The van der Waals surface area contributed by atoms with E-state index in [0.717, 1.165) is 18.5 Å². The second-order valence-electron chi connectivity index (χ2n) is 6.90. The van der Waals surface area contributed by atoms with Crippen molar-refractivity contribution in [2.24, 2.45) is 0 Å². The van der Waals surface area contributed by atoms with Crippen molar-refractivity contribution in [1.82, 2.24) is 14.7 Å². The number of carbonyl (C=O) groups is 1. The Balaban J connectivity index is 1.43. The van der Waals surface area contributed by atoms with E-state index in [9.17, 15) is 9.59 Å². The highest BCUT2D eigenvalue weighted by Gasteiger charge is 2.22. The van der Waals surface area contributed by atoms with Crippen LogP contribution in [0, 0.1) is 6.92 Å². The van der Waals surface area contributed by atoms with Crippen molar-refractivity contribution in [2.45, 2.75) is 13.5 Å². The smallest absolute Gasteiger partial charge is 0.275 e. The lowest BCUT2D eigenvalue weighted by Crippen LogP contribution is -2.50. The van der Waals surface area contributed by atoms with Crippen LogP contribution in [-0.2, 0) is 11.3 Å². The van der Waals surface area contributed by atoms with Crippen LogP contribution in [0.5, 0.6) is 0 Å². The molecule has 0 bridgehead atoms. The van der Waals surface area contributed by atoms with Crippen molar-refractivity contribution in [1.29, 1.82) is 0 Å². The second-order valence-corrected chi connectivity index (χ2v) is 6.90. The molecule has 1 aliphatic rings. The Morgan fingerprint density at radius 2 is 1.81 bits per heavy atom. The van der Waals surface area contributed by atoms with Crippen molar-refractivity contribution in [2.75, 3.05) is 31.1 Å². The number of benzene rings is 2. The third kappa shape index (κ3) is 3.56. The molecular formula is C21H22N4O2. The summed E-state index contributed by atoms with van der Waals surface area (Å²) in [5.74, 6) is -0.0660. The molecule has 1 saturated heterocycles. The van der Waals surface area contributed by atoms with Crippen LogP contribution in [0.3, 0.4) is 0 Å². The van der Waals surface area contributed by atoms with E-state index in [0.29, 0.717) is 18.5 Å². The van der Waals surface area contributed by atoms with Gasteiger partial charge in [-0.3, -0.25) is 9.59 Å². The molecular weight excluding hydrogens is 340 g/mol. The Kier molecular flexibility index (Phi) is 4.62. The SMILES string of the molecule is Cc1cccc(N2CCN(C(=O)Cn3ncc4ccccc4c3=O)CC2)c1. The molecule has 0 unspecified atom stereocenters. The average Bonchev–Trinajstić information content (AvgIpc) is 2.70. The molecule has 6 nitrogen and oxygen atoms in total. The lowest BCUT2D eigenvalue weighted by molar-refractivity contribution is -0.132. The number of aromatic nitrogens is 2. The average molecular weight is 362 g/mol. The standard InChI is InChI=1S/C21H22N4O2/c1-16-5-4-7-18(13-16)23-9-11-24(12-10-23)20(26)15-25-21(27)19-8-3-2-6-17(19)14-22-25/h2-8,13-14H,9-12,15H2,1H3. The normalized spacial score (nSPS) is 14.6. The van der Waals surface area contributed by atoms with E-state index in [-0.39, 0.29) is 18.0 Å². The fourth-order valence-electron chi connectivity index (χ4n) is 3.51. The number of carbonyl (C=O) groups excluding carboxylic acids is 1. The number of rotatable bonds is 3. The highest BCUT2D eigenvalue weighted by atomic mass is 16.2. The van der Waals surface area contributed by atoms with E-state index in [1.54, 1.807) is 12.3 Å². The quantitative estimate of drug-likeness (QED) is 0.716. The van der Waals surface area contributed by atoms with E-state index >= 15 is 0 Å². The Labute approximate surface area is 157 Å². The van der Waals surface area contributed by atoms with E-state index in [1.165, 1.54) is 15.9 Å². The summed E-state index contributed by atoms with van der Waals surface area (Å²) >= 11 is 0. The summed E-state index contributed by atoms with van der Waals surface area (Å²) in [7, 11) is 0. The summed E-state index contributed by atoms with van der Waals surface area (Å²) in [4.78, 5) is 29.3. The zero-order valence-corrected chi connectivity index (χ0v) is 15.3. The van der Waals surface area contributed by atoms with Crippen molar-refractivity contribution in [3.05, 3.63) is 70.6 Å². The number of hydrogen-bond acceptors (Lipinski definition) is 4. The van der Waals surface area contributed by atoms with Gasteiger partial charge in [-0.25, -0.2) is 4.68 Å². The van der Waals surface area contributed by atoms with Gasteiger partial charge < -0.3 is 9.80 Å². The van der Waals surface area contributed by atoms with Gasteiger partial charge in [-0.1, -0.05) is 30.3 Å². The number of aryl methyl sites for hydroxylation is 1. The third-order valence-corrected chi connectivity index (χ3v) is 5.05. The number of hydrogen-bond donors (Lipinski definition) is 0. The van der Waals surface area contributed by atoms with Crippen LogP contribution in [0.15, 0.2) is 59.5 Å². The van der Waals surface area contributed by atoms with Crippen LogP contribution in [0.2, 0.25) is 0 Å². The van der Waals surface area contributed by atoms with Gasteiger partial charge in [-0.2, -0.15) is 5.10 Å². The van der Waals surface area contributed by atoms with Crippen LogP contribution >= 0.6 is 0 Å². The maximum absolute atomic E-state index is 12.7. The summed E-state index contributed by atoms with van der Waals surface area (Å²) < 4.78 is 1.26. The molecule has 1 fully saturated rings. The van der Waals surface area contributed by atoms with E-state index < -0.39 is 0 Å². The number of amides is 1. The van der Waals surface area contributed by atoms with Crippen molar-refractivity contribution < 1.29 is 4.79 Å². The van der Waals surface area contributed by atoms with Crippen LogP contribution in [0.4, 0.5) is 5.69 Å². The Morgan fingerprint density at radius 3 is 2.59 bits per heavy atom.